The smallest absolute Gasteiger partial charge is 0.253 e. The Labute approximate surface area is 118 Å². The second kappa shape index (κ2) is 5.90. The molecule has 0 unspecified atom stereocenters. The summed E-state index contributed by atoms with van der Waals surface area (Å²) >= 11 is 0. The van der Waals surface area contributed by atoms with Gasteiger partial charge in [0.25, 0.3) is 5.56 Å². The van der Waals surface area contributed by atoms with Crippen LogP contribution in [0, 0.1) is 0 Å². The maximum Gasteiger partial charge on any atom is 0.253 e. The van der Waals surface area contributed by atoms with Crippen molar-refractivity contribution in [2.75, 3.05) is 5.32 Å². The van der Waals surface area contributed by atoms with Crippen LogP contribution in [-0.2, 0) is 0 Å². The zero-order chi connectivity index (χ0) is 13.8. The van der Waals surface area contributed by atoms with E-state index in [0.717, 1.165) is 18.4 Å². The number of anilines is 1. The Kier molecular flexibility index (Phi) is 3.81. The van der Waals surface area contributed by atoms with Gasteiger partial charge in [0.15, 0.2) is 0 Å². The Morgan fingerprint density at radius 1 is 1.10 bits per heavy atom. The molecule has 1 heterocycles. The molecule has 4 nitrogen and oxygen atoms in total. The summed E-state index contributed by atoms with van der Waals surface area (Å²) in [4.78, 5) is 19.1. The van der Waals surface area contributed by atoms with E-state index in [2.05, 4.69) is 15.3 Å². The van der Waals surface area contributed by atoms with Crippen LogP contribution in [0.2, 0.25) is 0 Å². The summed E-state index contributed by atoms with van der Waals surface area (Å²) in [7, 11) is 0. The lowest BCUT2D eigenvalue weighted by atomic mass is 9.95. The fourth-order valence-electron chi connectivity index (χ4n) is 2.72. The van der Waals surface area contributed by atoms with Crippen LogP contribution < -0.4 is 10.9 Å². The lowest BCUT2D eigenvalue weighted by molar-refractivity contribution is 0.462. The Balaban J connectivity index is 1.85. The predicted octanol–water partition coefficient (Wildman–Crippen LogP) is 3.18. The number of aromatic nitrogens is 2. The third-order valence-corrected chi connectivity index (χ3v) is 3.75. The molecule has 3 rings (SSSR count). The van der Waals surface area contributed by atoms with E-state index in [0.29, 0.717) is 17.7 Å². The highest BCUT2D eigenvalue weighted by molar-refractivity contribution is 5.56. The van der Waals surface area contributed by atoms with Crippen LogP contribution >= 0.6 is 0 Å². The van der Waals surface area contributed by atoms with Crippen molar-refractivity contribution in [1.29, 1.82) is 0 Å². The molecule has 0 atom stereocenters. The second-order valence-corrected chi connectivity index (χ2v) is 5.32. The van der Waals surface area contributed by atoms with Crippen molar-refractivity contribution in [3.05, 3.63) is 46.8 Å². The Morgan fingerprint density at radius 3 is 2.60 bits per heavy atom. The van der Waals surface area contributed by atoms with Gasteiger partial charge in [-0.05, 0) is 12.8 Å². The van der Waals surface area contributed by atoms with Crippen LogP contribution in [0.25, 0.3) is 11.4 Å². The third-order valence-electron chi connectivity index (χ3n) is 3.75. The number of benzene rings is 1. The second-order valence-electron chi connectivity index (χ2n) is 5.32. The minimum absolute atomic E-state index is 0.114. The van der Waals surface area contributed by atoms with Crippen molar-refractivity contribution in [2.45, 2.75) is 38.1 Å². The number of nitrogens with zero attached hydrogens (tertiary/aromatic N) is 1. The van der Waals surface area contributed by atoms with E-state index in [-0.39, 0.29) is 5.56 Å². The van der Waals surface area contributed by atoms with Gasteiger partial charge in [-0.1, -0.05) is 49.6 Å². The third kappa shape index (κ3) is 3.07. The van der Waals surface area contributed by atoms with E-state index < -0.39 is 0 Å². The van der Waals surface area contributed by atoms with E-state index in [4.69, 9.17) is 0 Å². The van der Waals surface area contributed by atoms with Gasteiger partial charge in [0, 0.05) is 17.7 Å². The van der Waals surface area contributed by atoms with Gasteiger partial charge >= 0.3 is 0 Å². The van der Waals surface area contributed by atoms with Gasteiger partial charge < -0.3 is 10.3 Å². The number of aromatic amines is 1. The number of hydrogen-bond donors (Lipinski definition) is 2. The average Bonchev–Trinajstić information content (AvgIpc) is 2.49. The van der Waals surface area contributed by atoms with Crippen molar-refractivity contribution >= 4 is 5.82 Å². The largest absolute Gasteiger partial charge is 0.367 e. The number of nitrogens with one attached hydrogen (secondary N) is 2. The lowest BCUT2D eigenvalue weighted by Gasteiger charge is -2.23. The molecule has 0 radical (unpaired) electrons. The van der Waals surface area contributed by atoms with Gasteiger partial charge in [-0.2, -0.15) is 0 Å². The molecule has 1 saturated carbocycles. The molecular weight excluding hydrogens is 250 g/mol. The summed E-state index contributed by atoms with van der Waals surface area (Å²) in [6.45, 7) is 0. The van der Waals surface area contributed by atoms with Gasteiger partial charge in [0.05, 0.1) is 0 Å². The van der Waals surface area contributed by atoms with Crippen LogP contribution in [0.1, 0.15) is 32.1 Å². The average molecular weight is 269 g/mol. The molecule has 0 bridgehead atoms. The zero-order valence-electron chi connectivity index (χ0n) is 11.4. The van der Waals surface area contributed by atoms with Crippen molar-refractivity contribution < 1.29 is 0 Å². The molecule has 1 aromatic carbocycles. The summed E-state index contributed by atoms with van der Waals surface area (Å²) in [5, 5.41) is 3.40. The normalized spacial score (nSPS) is 16.0. The maximum absolute atomic E-state index is 11.8. The van der Waals surface area contributed by atoms with E-state index in [1.807, 2.05) is 30.3 Å². The van der Waals surface area contributed by atoms with Crippen LogP contribution in [-0.4, -0.2) is 16.0 Å². The predicted molar refractivity (Wildman–Crippen MR) is 80.8 cm³/mol. The summed E-state index contributed by atoms with van der Waals surface area (Å²) < 4.78 is 0. The van der Waals surface area contributed by atoms with Gasteiger partial charge in [-0.25, -0.2) is 4.98 Å². The van der Waals surface area contributed by atoms with E-state index in [1.54, 1.807) is 6.07 Å². The first kappa shape index (κ1) is 12.9. The first-order valence-electron chi connectivity index (χ1n) is 7.24. The highest BCUT2D eigenvalue weighted by Crippen LogP contribution is 2.21. The van der Waals surface area contributed by atoms with Crippen LogP contribution in [0.4, 0.5) is 5.82 Å². The van der Waals surface area contributed by atoms with E-state index in [9.17, 15) is 4.79 Å². The van der Waals surface area contributed by atoms with Crippen LogP contribution in [0.15, 0.2) is 41.2 Å². The maximum atomic E-state index is 11.8. The molecule has 0 saturated heterocycles. The molecule has 0 aliphatic heterocycles. The SMILES string of the molecule is O=c1cc(NC2CCCCC2)nc(-c2ccccc2)[nH]1. The van der Waals surface area contributed by atoms with Gasteiger partial charge in [-0.15, -0.1) is 0 Å². The summed E-state index contributed by atoms with van der Waals surface area (Å²) in [6.07, 6.45) is 6.15. The molecule has 0 spiro atoms. The molecule has 1 fully saturated rings. The van der Waals surface area contributed by atoms with Gasteiger partial charge in [0.1, 0.15) is 11.6 Å². The number of rotatable bonds is 3. The molecule has 20 heavy (non-hydrogen) atoms. The zero-order valence-corrected chi connectivity index (χ0v) is 11.4. The topological polar surface area (TPSA) is 57.8 Å². The van der Waals surface area contributed by atoms with Gasteiger partial charge in [-0.3, -0.25) is 4.79 Å². The standard InChI is InChI=1S/C16H19N3O/c20-15-11-14(17-13-9-5-2-6-10-13)18-16(19-15)12-7-3-1-4-8-12/h1,3-4,7-8,11,13H,2,5-6,9-10H2,(H2,17,18,19,20). The number of H-pyrrole nitrogens is 1. The first-order chi connectivity index (χ1) is 9.81. The molecule has 1 aliphatic carbocycles. The molecular formula is C16H19N3O. The summed E-state index contributed by atoms with van der Waals surface area (Å²) in [6, 6.07) is 11.7. The van der Waals surface area contributed by atoms with E-state index >= 15 is 0 Å². The highest BCUT2D eigenvalue weighted by Gasteiger charge is 2.14. The molecule has 1 aromatic heterocycles. The Morgan fingerprint density at radius 2 is 1.85 bits per heavy atom. The minimum Gasteiger partial charge on any atom is -0.367 e. The van der Waals surface area contributed by atoms with Crippen LogP contribution in [0.3, 0.4) is 0 Å². The number of hydrogen-bond acceptors (Lipinski definition) is 3. The highest BCUT2D eigenvalue weighted by atomic mass is 16.1. The van der Waals surface area contributed by atoms with Crippen LogP contribution in [0.5, 0.6) is 0 Å². The van der Waals surface area contributed by atoms with Crippen molar-refractivity contribution in [2.24, 2.45) is 0 Å². The molecule has 104 valence electrons. The molecule has 4 heteroatoms. The fourth-order valence-corrected chi connectivity index (χ4v) is 2.72. The summed E-state index contributed by atoms with van der Waals surface area (Å²) in [5.74, 6) is 1.30. The Bertz CT molecular complexity index is 615. The van der Waals surface area contributed by atoms with Crippen molar-refractivity contribution in [3.8, 4) is 11.4 Å². The molecule has 1 aliphatic rings. The molecule has 0 amide bonds. The monoisotopic (exact) mass is 269 g/mol. The fraction of sp³-hybridized carbons (Fsp3) is 0.375. The quantitative estimate of drug-likeness (QED) is 0.899. The van der Waals surface area contributed by atoms with Crippen molar-refractivity contribution in [1.82, 2.24) is 9.97 Å². The lowest BCUT2D eigenvalue weighted by Crippen LogP contribution is -2.24. The molecule has 2 aromatic rings. The Hall–Kier alpha value is -2.10. The molecule has 2 N–H and O–H groups in total. The minimum atomic E-state index is -0.114. The summed E-state index contributed by atoms with van der Waals surface area (Å²) in [5.41, 5.74) is 0.814. The van der Waals surface area contributed by atoms with Gasteiger partial charge in [0.2, 0.25) is 0 Å². The first-order valence-corrected chi connectivity index (χ1v) is 7.24. The van der Waals surface area contributed by atoms with Crippen molar-refractivity contribution in [3.63, 3.8) is 0 Å². The van der Waals surface area contributed by atoms with E-state index in [1.165, 1.54) is 19.3 Å².